The highest BCUT2D eigenvalue weighted by atomic mass is 35.5. The molecule has 0 aromatic heterocycles. The second-order valence-electron chi connectivity index (χ2n) is 2.52. The van der Waals surface area contributed by atoms with Gasteiger partial charge in [-0.25, -0.2) is 4.99 Å². The Balaban J connectivity index is 0.00000169. The van der Waals surface area contributed by atoms with Crippen LogP contribution in [-0.2, 0) is 6.54 Å². The molecule has 0 amide bonds. The second kappa shape index (κ2) is 5.96. The first-order valence-corrected chi connectivity index (χ1v) is 4.34. The molecular weight excluding hydrogens is 244 g/mol. The molecule has 0 aliphatic rings. The van der Waals surface area contributed by atoms with Gasteiger partial charge in [0.05, 0.1) is 6.54 Å². The van der Waals surface area contributed by atoms with Crippen molar-refractivity contribution < 1.29 is 0 Å². The van der Waals surface area contributed by atoms with E-state index in [0.29, 0.717) is 16.6 Å². The van der Waals surface area contributed by atoms with Crippen LogP contribution in [0.15, 0.2) is 23.2 Å². The number of benzene rings is 1. The van der Waals surface area contributed by atoms with Gasteiger partial charge in [-0.2, -0.15) is 0 Å². The Kier molecular flexibility index (Phi) is 5.69. The number of hydrogen-bond donors (Lipinski definition) is 2. The van der Waals surface area contributed by atoms with Gasteiger partial charge in [0.15, 0.2) is 5.96 Å². The number of rotatable bonds is 2. The normalized spacial score (nSPS) is 9.00. The summed E-state index contributed by atoms with van der Waals surface area (Å²) in [5.74, 6) is 0.0519. The molecule has 14 heavy (non-hydrogen) atoms. The minimum Gasteiger partial charge on any atom is -0.370 e. The maximum absolute atomic E-state index is 5.77. The van der Waals surface area contributed by atoms with Crippen molar-refractivity contribution in [3.8, 4) is 0 Å². The number of guanidine groups is 1. The van der Waals surface area contributed by atoms with E-state index in [4.69, 9.17) is 34.7 Å². The van der Waals surface area contributed by atoms with Crippen molar-refractivity contribution in [2.45, 2.75) is 6.54 Å². The molecule has 3 nitrogen and oxygen atoms in total. The fourth-order valence-corrected chi connectivity index (χ4v) is 1.46. The van der Waals surface area contributed by atoms with Crippen LogP contribution in [-0.4, -0.2) is 5.96 Å². The predicted octanol–water partition coefficient (Wildman–Crippen LogP) is 2.19. The van der Waals surface area contributed by atoms with Crippen molar-refractivity contribution in [1.29, 1.82) is 0 Å². The van der Waals surface area contributed by atoms with E-state index in [-0.39, 0.29) is 18.4 Å². The smallest absolute Gasteiger partial charge is 0.186 e. The van der Waals surface area contributed by atoms with E-state index in [1.807, 2.05) is 0 Å². The van der Waals surface area contributed by atoms with Gasteiger partial charge in [-0.05, 0) is 23.8 Å². The van der Waals surface area contributed by atoms with E-state index >= 15 is 0 Å². The van der Waals surface area contributed by atoms with Gasteiger partial charge in [-0.15, -0.1) is 12.4 Å². The summed E-state index contributed by atoms with van der Waals surface area (Å²) in [5, 5.41) is 1.15. The van der Waals surface area contributed by atoms with Crippen LogP contribution >= 0.6 is 35.6 Å². The molecule has 78 valence electrons. The predicted molar refractivity (Wildman–Crippen MR) is 63.2 cm³/mol. The molecule has 0 aliphatic carbocycles. The Hall–Kier alpha value is -0.640. The molecule has 0 saturated heterocycles. The summed E-state index contributed by atoms with van der Waals surface area (Å²) in [6.45, 7) is 0.391. The fraction of sp³-hybridized carbons (Fsp3) is 0.125. The summed E-state index contributed by atoms with van der Waals surface area (Å²) in [6.07, 6.45) is 0. The lowest BCUT2D eigenvalue weighted by molar-refractivity contribution is 1.05. The molecule has 0 atom stereocenters. The average Bonchev–Trinajstić information content (AvgIpc) is 1.99. The summed E-state index contributed by atoms with van der Waals surface area (Å²) in [6, 6.07) is 5.18. The lowest BCUT2D eigenvalue weighted by Crippen LogP contribution is -2.22. The van der Waals surface area contributed by atoms with Crippen molar-refractivity contribution in [1.82, 2.24) is 0 Å². The summed E-state index contributed by atoms with van der Waals surface area (Å²) in [4.78, 5) is 3.83. The lowest BCUT2D eigenvalue weighted by atomic mass is 10.2. The SMILES string of the molecule is Cl.NC(N)=NCc1cc(Cl)cc(Cl)c1. The summed E-state index contributed by atoms with van der Waals surface area (Å²) >= 11 is 11.5. The van der Waals surface area contributed by atoms with Crippen LogP contribution in [0.5, 0.6) is 0 Å². The average molecular weight is 255 g/mol. The monoisotopic (exact) mass is 253 g/mol. The summed E-state index contributed by atoms with van der Waals surface area (Å²) < 4.78 is 0. The van der Waals surface area contributed by atoms with E-state index in [9.17, 15) is 0 Å². The minimum absolute atomic E-state index is 0. The summed E-state index contributed by atoms with van der Waals surface area (Å²) in [7, 11) is 0. The van der Waals surface area contributed by atoms with Gasteiger partial charge in [0.25, 0.3) is 0 Å². The number of hydrogen-bond acceptors (Lipinski definition) is 1. The van der Waals surface area contributed by atoms with Crippen LogP contribution in [0.25, 0.3) is 0 Å². The molecule has 6 heteroatoms. The van der Waals surface area contributed by atoms with Crippen molar-refractivity contribution in [2.75, 3.05) is 0 Å². The molecule has 0 radical (unpaired) electrons. The van der Waals surface area contributed by atoms with Gasteiger partial charge in [-0.1, -0.05) is 23.2 Å². The third kappa shape index (κ3) is 4.56. The quantitative estimate of drug-likeness (QED) is 0.628. The van der Waals surface area contributed by atoms with Crippen molar-refractivity contribution in [3.05, 3.63) is 33.8 Å². The van der Waals surface area contributed by atoms with Crippen molar-refractivity contribution >= 4 is 41.6 Å². The van der Waals surface area contributed by atoms with E-state index in [0.717, 1.165) is 5.56 Å². The van der Waals surface area contributed by atoms with Crippen molar-refractivity contribution in [2.24, 2.45) is 16.5 Å². The molecule has 0 saturated carbocycles. The molecule has 0 fully saturated rings. The number of aliphatic imine (C=N–C) groups is 1. The highest BCUT2D eigenvalue weighted by molar-refractivity contribution is 6.34. The summed E-state index contributed by atoms with van der Waals surface area (Å²) in [5.41, 5.74) is 11.2. The zero-order chi connectivity index (χ0) is 9.84. The molecule has 0 bridgehead atoms. The van der Waals surface area contributed by atoms with Gasteiger partial charge < -0.3 is 11.5 Å². The molecular formula is C8H10Cl3N3. The standard InChI is InChI=1S/C8H9Cl2N3.ClH/c9-6-1-5(2-7(10)3-6)4-13-8(11)12;/h1-3H,4H2,(H4,11,12,13);1H. The van der Waals surface area contributed by atoms with Crippen LogP contribution < -0.4 is 11.5 Å². The Morgan fingerprint density at radius 2 is 1.64 bits per heavy atom. The third-order valence-electron chi connectivity index (χ3n) is 1.37. The number of nitrogens with two attached hydrogens (primary N) is 2. The second-order valence-corrected chi connectivity index (χ2v) is 3.39. The highest BCUT2D eigenvalue weighted by Crippen LogP contribution is 2.19. The Morgan fingerprint density at radius 3 is 2.07 bits per heavy atom. The fourth-order valence-electron chi connectivity index (χ4n) is 0.885. The first-order chi connectivity index (χ1) is 6.08. The first-order valence-electron chi connectivity index (χ1n) is 3.58. The van der Waals surface area contributed by atoms with E-state index in [1.165, 1.54) is 0 Å². The minimum atomic E-state index is 0. The maximum atomic E-state index is 5.77. The van der Waals surface area contributed by atoms with E-state index in [1.54, 1.807) is 18.2 Å². The first kappa shape index (κ1) is 13.4. The lowest BCUT2D eigenvalue weighted by Gasteiger charge is -1.99. The molecule has 0 spiro atoms. The number of halogens is 3. The zero-order valence-corrected chi connectivity index (χ0v) is 9.53. The van der Waals surface area contributed by atoms with Gasteiger partial charge in [0, 0.05) is 10.0 Å². The van der Waals surface area contributed by atoms with Gasteiger partial charge >= 0.3 is 0 Å². The topological polar surface area (TPSA) is 64.4 Å². The highest BCUT2D eigenvalue weighted by Gasteiger charge is 1.96. The Morgan fingerprint density at radius 1 is 1.14 bits per heavy atom. The molecule has 4 N–H and O–H groups in total. The molecule has 1 rings (SSSR count). The van der Waals surface area contributed by atoms with Crippen LogP contribution in [0.3, 0.4) is 0 Å². The van der Waals surface area contributed by atoms with Crippen LogP contribution in [0, 0.1) is 0 Å². The van der Waals surface area contributed by atoms with Gasteiger partial charge in [0.1, 0.15) is 0 Å². The van der Waals surface area contributed by atoms with E-state index < -0.39 is 0 Å². The van der Waals surface area contributed by atoms with Crippen LogP contribution in [0.1, 0.15) is 5.56 Å². The Labute approximate surface area is 98.5 Å². The third-order valence-corrected chi connectivity index (χ3v) is 1.80. The van der Waals surface area contributed by atoms with Crippen LogP contribution in [0.2, 0.25) is 10.0 Å². The van der Waals surface area contributed by atoms with Gasteiger partial charge in [-0.3, -0.25) is 0 Å². The molecule has 1 aromatic rings. The van der Waals surface area contributed by atoms with E-state index in [2.05, 4.69) is 4.99 Å². The maximum Gasteiger partial charge on any atom is 0.186 e. The molecule has 0 heterocycles. The molecule has 0 aliphatic heterocycles. The zero-order valence-electron chi connectivity index (χ0n) is 7.21. The van der Waals surface area contributed by atoms with Crippen molar-refractivity contribution in [3.63, 3.8) is 0 Å². The van der Waals surface area contributed by atoms with Gasteiger partial charge in [0.2, 0.25) is 0 Å². The Bertz CT molecular complexity index is 314. The molecule has 0 unspecified atom stereocenters. The largest absolute Gasteiger partial charge is 0.370 e. The molecule has 1 aromatic carbocycles. The number of nitrogens with zero attached hydrogens (tertiary/aromatic N) is 1. The van der Waals surface area contributed by atoms with Crippen LogP contribution in [0.4, 0.5) is 0 Å².